The fourth-order valence-corrected chi connectivity index (χ4v) is 33.3. The Kier molecular flexibility index (Phi) is 61.7. The molecule has 0 bridgehead atoms. The second kappa shape index (κ2) is 59.9. The van der Waals surface area contributed by atoms with Gasteiger partial charge in [-0.05, 0) is 220 Å². The van der Waals surface area contributed by atoms with Gasteiger partial charge in [0, 0.05) is 0 Å². The zero-order valence-corrected chi connectivity index (χ0v) is 91.2. The summed E-state index contributed by atoms with van der Waals surface area (Å²) in [5.41, 5.74) is 1.73. The topological polar surface area (TPSA) is 307 Å². The van der Waals surface area contributed by atoms with Crippen molar-refractivity contribution in [2.75, 3.05) is 104 Å². The molecule has 0 aromatic carbocycles. The van der Waals surface area contributed by atoms with Gasteiger partial charge in [-0.25, -0.2) is 75.8 Å². The first-order valence-corrected chi connectivity index (χ1v) is 64.5. The summed E-state index contributed by atoms with van der Waals surface area (Å²) in [4.78, 5) is 0. The first-order valence-electron chi connectivity index (χ1n) is 48.1. The quantitative estimate of drug-likeness (QED) is 0.217. The fourth-order valence-electron chi connectivity index (χ4n) is 16.2. The summed E-state index contributed by atoms with van der Waals surface area (Å²) < 4.78 is 194. The number of fused-ring (bicyclic) bond motifs is 2. The van der Waals surface area contributed by atoms with Crippen LogP contribution in [0.2, 0.25) is 0 Å². The molecule has 6 aliphatic carbocycles. The smallest absolute Gasteiger partial charge is 0.151 e. The van der Waals surface area contributed by atoms with Crippen molar-refractivity contribution < 1.29 is 75.8 Å². The van der Waals surface area contributed by atoms with E-state index in [9.17, 15) is 75.8 Å². The summed E-state index contributed by atoms with van der Waals surface area (Å²) in [5, 5.41) is 0. The van der Waals surface area contributed by atoms with Gasteiger partial charge in [0.05, 0.1) is 104 Å². The largest absolute Gasteiger partial charge is 0.229 e. The normalized spacial score (nSPS) is 26.8. The standard InChI is InChI=1S/C10H18O2S.2C8H14O2S.2C7H12O2S.C6H10O2S.C5H10O2S.C5H12.C4H8O2S.8C4H10.C3H6O2S/c11-13(12)8-6-10(7-9-13)4-2-1-3-5-10;9-11(10)5-7-3-1-2-4-8(7)6-11;9-11(10)6-8(7-11)4-2-1-3-5-8;8-10(9)4-6-2-1-3-7(6)5-10;8-10(9)5-7(6-10)3-1-2-4-7;7-9(8)4-6(5-9)2-1-3-6;6-8(7)4-2-1-3-5-8;1-5(2,3)4;5-7(6)3-1-2-4-7;8*1-4(2)3;4-6(5)2-1-3-6/h1-9H2;7-8H,1-6H2;1-7H2;6-7H,1-5H2;1-6H2;1-5H2;1-5H2;1-4H3;1-4H2;8*4H,1-3H3;1-3H2. The Labute approximate surface area is 759 Å². The first kappa shape index (κ1) is 126. The summed E-state index contributed by atoms with van der Waals surface area (Å²) in [6, 6.07) is 0. The molecule has 15 fully saturated rings. The third kappa shape index (κ3) is 70.3. The predicted octanol–water partition coefficient (Wildman–Crippen LogP) is 23.1. The highest BCUT2D eigenvalue weighted by Gasteiger charge is 2.52. The lowest BCUT2D eigenvalue weighted by Gasteiger charge is -2.48. The maximum Gasteiger partial charge on any atom is 0.151 e. The van der Waals surface area contributed by atoms with Crippen molar-refractivity contribution in [3.8, 4) is 0 Å². The molecule has 738 valence electrons. The molecule has 122 heavy (non-hydrogen) atoms. The Morgan fingerprint density at radius 1 is 0.180 bits per heavy atom. The molecule has 15 aliphatic rings. The molecule has 0 radical (unpaired) electrons. The van der Waals surface area contributed by atoms with Gasteiger partial charge in [0.2, 0.25) is 0 Å². The average Bonchev–Trinajstić information content (AvgIpc) is 1.03. The molecular weight excluding hydrogens is 1720 g/mol. The predicted molar refractivity (Wildman–Crippen MR) is 529 cm³/mol. The lowest BCUT2D eigenvalue weighted by atomic mass is 9.70. The molecule has 0 aromatic rings. The summed E-state index contributed by atoms with van der Waals surface area (Å²) in [6.07, 6.45) is 36.8. The molecule has 9 saturated heterocycles. The molecule has 6 saturated carbocycles. The molecule has 18 nitrogen and oxygen atoms in total. The van der Waals surface area contributed by atoms with E-state index in [0.29, 0.717) is 143 Å². The van der Waals surface area contributed by atoms with Crippen molar-refractivity contribution in [1.29, 1.82) is 0 Å². The molecule has 0 aromatic heterocycles. The van der Waals surface area contributed by atoms with Gasteiger partial charge in [-0.2, -0.15) is 0 Å². The van der Waals surface area contributed by atoms with E-state index in [-0.39, 0.29) is 10.8 Å². The Morgan fingerprint density at radius 2 is 0.344 bits per heavy atom. The van der Waals surface area contributed by atoms with E-state index >= 15 is 0 Å². The van der Waals surface area contributed by atoms with E-state index in [1.54, 1.807) is 0 Å². The van der Waals surface area contributed by atoms with E-state index in [0.717, 1.165) is 163 Å². The summed E-state index contributed by atoms with van der Waals surface area (Å²) >= 11 is 0. The highest BCUT2D eigenvalue weighted by molar-refractivity contribution is 7.94. The molecule has 4 spiro atoms. The van der Waals surface area contributed by atoms with E-state index < -0.39 is 88.5 Å². The van der Waals surface area contributed by atoms with Crippen LogP contribution in [-0.4, -0.2) is 179 Å². The Balaban J connectivity index is -0.00000125. The van der Waals surface area contributed by atoms with Crippen LogP contribution in [0.4, 0.5) is 0 Å². The van der Waals surface area contributed by atoms with Crippen LogP contribution in [0, 0.1) is 98.1 Å². The van der Waals surface area contributed by atoms with Gasteiger partial charge >= 0.3 is 0 Å². The van der Waals surface area contributed by atoms with Gasteiger partial charge in [-0.1, -0.05) is 277 Å². The van der Waals surface area contributed by atoms with E-state index in [1.807, 2.05) is 0 Å². The lowest BCUT2D eigenvalue weighted by molar-refractivity contribution is 0.169. The molecule has 9 aliphatic heterocycles. The van der Waals surface area contributed by atoms with Gasteiger partial charge in [0.1, 0.15) is 39.3 Å². The minimum Gasteiger partial charge on any atom is -0.229 e. The molecular formula is C95H196O18S9. The minimum absolute atomic E-state index is 0.247. The van der Waals surface area contributed by atoms with Crippen molar-refractivity contribution >= 4 is 88.5 Å². The van der Waals surface area contributed by atoms with Gasteiger partial charge in [0.15, 0.2) is 49.2 Å². The van der Waals surface area contributed by atoms with Crippen molar-refractivity contribution in [2.24, 2.45) is 98.1 Å². The van der Waals surface area contributed by atoms with Crippen LogP contribution in [0.25, 0.3) is 0 Å². The SMILES string of the molecule is CC(C)(C)C.CC(C)C.CC(C)C.CC(C)C.CC(C)C.CC(C)C.CC(C)C.CC(C)C.CC(C)C.O=S1(=O)CC2(CCC2)C1.O=S1(=O)CC2(CCCC2)C1.O=S1(=O)CC2(CCCCC2)C1.O=S1(=O)CC2CCCC2C1.O=S1(=O)CC2CCCCC2C1.O=S1(=O)CCC1.O=S1(=O)CCC2(CCCCC2)CC1.O=S1(=O)CCCC1.O=S1(=O)CCCCC1. The van der Waals surface area contributed by atoms with Crippen molar-refractivity contribution in [2.45, 2.75) is 399 Å². The lowest BCUT2D eigenvalue weighted by Crippen LogP contribution is -2.52. The second-order valence-electron chi connectivity index (χ2n) is 45.8. The maximum atomic E-state index is 11.3. The van der Waals surface area contributed by atoms with Gasteiger partial charge in [-0.15, -0.1) is 0 Å². The average molecular weight is 1920 g/mol. The van der Waals surface area contributed by atoms with Crippen molar-refractivity contribution in [3.63, 3.8) is 0 Å². The Bertz CT molecular complexity index is 3600. The van der Waals surface area contributed by atoms with Crippen LogP contribution in [0.3, 0.4) is 0 Å². The number of sulfone groups is 9. The molecule has 9 heterocycles. The first-order chi connectivity index (χ1) is 55.3. The van der Waals surface area contributed by atoms with E-state index in [4.69, 9.17) is 0 Å². The van der Waals surface area contributed by atoms with Crippen LogP contribution in [0.15, 0.2) is 0 Å². The molecule has 15 rings (SSSR count). The van der Waals surface area contributed by atoms with Crippen LogP contribution in [0.1, 0.15) is 399 Å². The van der Waals surface area contributed by atoms with Crippen molar-refractivity contribution in [1.82, 2.24) is 0 Å². The number of rotatable bonds is 0. The third-order valence-electron chi connectivity index (χ3n) is 21.2. The van der Waals surface area contributed by atoms with Gasteiger partial charge in [-0.3, -0.25) is 0 Å². The minimum atomic E-state index is -2.66. The third-order valence-corrected chi connectivity index (χ3v) is 38.4. The Hall–Kier alpha value is -0.450. The second-order valence-corrected chi connectivity index (χ2v) is 65.5. The number of hydrogen-bond acceptors (Lipinski definition) is 18. The zero-order valence-electron chi connectivity index (χ0n) is 83.8. The maximum absolute atomic E-state index is 11.3. The zero-order chi connectivity index (χ0) is 95.3. The van der Waals surface area contributed by atoms with Crippen LogP contribution < -0.4 is 0 Å². The summed E-state index contributed by atoms with van der Waals surface area (Å²) in [6.45, 7) is 60.7. The van der Waals surface area contributed by atoms with Gasteiger partial charge < -0.3 is 0 Å². The molecule has 4 unspecified atom stereocenters. The highest BCUT2D eigenvalue weighted by Crippen LogP contribution is 2.51. The summed E-state index contributed by atoms with van der Waals surface area (Å²) in [5.74, 6) is 17.1. The van der Waals surface area contributed by atoms with Crippen LogP contribution >= 0.6 is 0 Å². The monoisotopic (exact) mass is 1910 g/mol. The van der Waals surface area contributed by atoms with Crippen molar-refractivity contribution in [3.05, 3.63) is 0 Å². The molecule has 4 atom stereocenters. The van der Waals surface area contributed by atoms with Gasteiger partial charge in [0.25, 0.3) is 0 Å². The molecule has 27 heteroatoms. The van der Waals surface area contributed by atoms with Crippen LogP contribution in [-0.2, 0) is 88.5 Å². The van der Waals surface area contributed by atoms with Crippen LogP contribution in [0.5, 0.6) is 0 Å². The van der Waals surface area contributed by atoms with E-state index in [1.165, 1.54) is 89.9 Å². The molecule has 0 N–H and O–H groups in total. The van der Waals surface area contributed by atoms with E-state index in [2.05, 4.69) is 194 Å². The summed E-state index contributed by atoms with van der Waals surface area (Å²) in [7, 11) is -23.2. The fraction of sp³-hybridized carbons (Fsp3) is 1.00. The molecule has 0 amide bonds. The highest BCUT2D eigenvalue weighted by atomic mass is 32.2. The Morgan fingerprint density at radius 3 is 0.516 bits per heavy atom. The number of hydrogen-bond donors (Lipinski definition) is 0.